The van der Waals surface area contributed by atoms with Gasteiger partial charge in [-0.2, -0.15) is 17.0 Å². The third-order valence-corrected chi connectivity index (χ3v) is 7.00. The van der Waals surface area contributed by atoms with Crippen molar-refractivity contribution < 1.29 is 22.3 Å². The summed E-state index contributed by atoms with van der Waals surface area (Å²) in [5.74, 6) is -0.260. The molecule has 1 heterocycles. The van der Waals surface area contributed by atoms with E-state index in [1.807, 2.05) is 0 Å². The van der Waals surface area contributed by atoms with Crippen LogP contribution in [0.3, 0.4) is 0 Å². The van der Waals surface area contributed by atoms with E-state index in [-0.39, 0.29) is 25.6 Å². The first kappa shape index (κ1) is 21.1. The second-order valence-corrected chi connectivity index (χ2v) is 8.52. The van der Waals surface area contributed by atoms with Crippen molar-refractivity contribution in [1.82, 2.24) is 13.5 Å². The number of halogens is 2. The Hall–Kier alpha value is -1.23. The lowest BCUT2D eigenvalue weighted by Gasteiger charge is -2.36. The first-order chi connectivity index (χ1) is 12.3. The molecule has 10 heteroatoms. The molecule has 0 unspecified atom stereocenters. The van der Waals surface area contributed by atoms with Crippen molar-refractivity contribution in [3.8, 4) is 5.75 Å². The normalized spacial score (nSPS) is 16.1. The minimum atomic E-state index is -3.48. The molecule has 0 spiro atoms. The van der Waals surface area contributed by atoms with Crippen LogP contribution in [-0.2, 0) is 15.0 Å². The first-order valence-electron chi connectivity index (χ1n) is 8.40. The number of carbonyl (C=O) groups excluding carboxylic acids is 1. The summed E-state index contributed by atoms with van der Waals surface area (Å²) in [5, 5.41) is 0. The molecule has 146 valence electrons. The fourth-order valence-corrected chi connectivity index (χ4v) is 4.77. The number of piperazine rings is 1. The van der Waals surface area contributed by atoms with Crippen LogP contribution in [0.4, 0.5) is 4.39 Å². The van der Waals surface area contributed by atoms with Gasteiger partial charge in [-0.3, -0.25) is 4.79 Å². The average Bonchev–Trinajstić information content (AvgIpc) is 2.61. The summed E-state index contributed by atoms with van der Waals surface area (Å²) >= 11 is 3.18. The Bertz CT molecular complexity index is 735. The van der Waals surface area contributed by atoms with Crippen molar-refractivity contribution in [2.45, 2.75) is 13.8 Å². The van der Waals surface area contributed by atoms with Crippen LogP contribution in [0.15, 0.2) is 22.7 Å². The number of hydrogen-bond donors (Lipinski definition) is 0. The predicted molar refractivity (Wildman–Crippen MR) is 99.6 cm³/mol. The van der Waals surface area contributed by atoms with Gasteiger partial charge in [0, 0.05) is 39.3 Å². The third kappa shape index (κ3) is 4.93. The van der Waals surface area contributed by atoms with Crippen LogP contribution in [0.25, 0.3) is 0 Å². The largest absolute Gasteiger partial charge is 0.483 e. The molecule has 1 aliphatic rings. The monoisotopic (exact) mass is 451 g/mol. The average molecular weight is 452 g/mol. The SMILES string of the molecule is CCN(CC)S(=O)(=O)N1CCN(C(=O)COc2ccc(F)cc2Br)CC1. The van der Waals surface area contributed by atoms with Crippen LogP contribution >= 0.6 is 15.9 Å². The zero-order valence-electron chi connectivity index (χ0n) is 14.8. The Morgan fingerprint density at radius 3 is 2.38 bits per heavy atom. The lowest BCUT2D eigenvalue weighted by molar-refractivity contribution is -0.134. The van der Waals surface area contributed by atoms with Crippen molar-refractivity contribution >= 4 is 32.0 Å². The van der Waals surface area contributed by atoms with Crippen LogP contribution in [0.5, 0.6) is 5.75 Å². The minimum Gasteiger partial charge on any atom is -0.483 e. The molecule has 0 N–H and O–H groups in total. The van der Waals surface area contributed by atoms with Crippen LogP contribution in [0.2, 0.25) is 0 Å². The number of rotatable bonds is 7. The molecule has 0 aliphatic carbocycles. The summed E-state index contributed by atoms with van der Waals surface area (Å²) in [7, 11) is -3.48. The maximum Gasteiger partial charge on any atom is 0.282 e. The summed E-state index contributed by atoms with van der Waals surface area (Å²) in [5.41, 5.74) is 0. The van der Waals surface area contributed by atoms with E-state index < -0.39 is 16.0 Å². The van der Waals surface area contributed by atoms with E-state index in [9.17, 15) is 17.6 Å². The number of hydrogen-bond acceptors (Lipinski definition) is 4. The highest BCUT2D eigenvalue weighted by Gasteiger charge is 2.32. The molecule has 26 heavy (non-hydrogen) atoms. The van der Waals surface area contributed by atoms with Gasteiger partial charge in [-0.25, -0.2) is 4.39 Å². The van der Waals surface area contributed by atoms with Gasteiger partial charge in [-0.05, 0) is 34.1 Å². The summed E-state index contributed by atoms with van der Waals surface area (Å²) < 4.78 is 46.7. The molecule has 1 fully saturated rings. The van der Waals surface area contributed by atoms with Gasteiger partial charge in [-0.1, -0.05) is 13.8 Å². The lowest BCUT2D eigenvalue weighted by atomic mass is 10.3. The Morgan fingerprint density at radius 1 is 1.23 bits per heavy atom. The predicted octanol–water partition coefficient (Wildman–Crippen LogP) is 1.70. The highest BCUT2D eigenvalue weighted by atomic mass is 79.9. The van der Waals surface area contributed by atoms with Crippen LogP contribution in [-0.4, -0.2) is 73.7 Å². The Balaban J connectivity index is 1.88. The van der Waals surface area contributed by atoms with Crippen molar-refractivity contribution in [3.05, 3.63) is 28.5 Å². The summed E-state index contributed by atoms with van der Waals surface area (Å²) in [6.07, 6.45) is 0. The van der Waals surface area contributed by atoms with E-state index in [0.29, 0.717) is 36.4 Å². The number of benzene rings is 1. The molecule has 0 bridgehead atoms. The topological polar surface area (TPSA) is 70.2 Å². The van der Waals surface area contributed by atoms with Crippen molar-refractivity contribution in [3.63, 3.8) is 0 Å². The summed E-state index contributed by atoms with van der Waals surface area (Å²) in [6, 6.07) is 3.96. The molecule has 0 aromatic heterocycles. The van der Waals surface area contributed by atoms with Gasteiger partial charge in [0.25, 0.3) is 16.1 Å². The zero-order valence-corrected chi connectivity index (χ0v) is 17.2. The van der Waals surface area contributed by atoms with Crippen molar-refractivity contribution in [1.29, 1.82) is 0 Å². The van der Waals surface area contributed by atoms with E-state index in [1.165, 1.54) is 26.8 Å². The minimum absolute atomic E-state index is 0.187. The van der Waals surface area contributed by atoms with Crippen LogP contribution in [0, 0.1) is 5.82 Å². The number of carbonyl (C=O) groups is 1. The Kier molecular flexibility index (Phi) is 7.39. The smallest absolute Gasteiger partial charge is 0.282 e. The molecule has 0 radical (unpaired) electrons. The van der Waals surface area contributed by atoms with E-state index in [4.69, 9.17) is 4.74 Å². The van der Waals surface area contributed by atoms with Gasteiger partial charge in [0.15, 0.2) is 6.61 Å². The summed E-state index contributed by atoms with van der Waals surface area (Å²) in [4.78, 5) is 13.9. The van der Waals surface area contributed by atoms with Gasteiger partial charge >= 0.3 is 0 Å². The van der Waals surface area contributed by atoms with E-state index in [0.717, 1.165) is 0 Å². The molecule has 0 saturated carbocycles. The number of nitrogens with zero attached hydrogens (tertiary/aromatic N) is 3. The van der Waals surface area contributed by atoms with Crippen molar-refractivity contribution in [2.24, 2.45) is 0 Å². The molecule has 2 rings (SSSR count). The molecular weight excluding hydrogens is 429 g/mol. The van der Waals surface area contributed by atoms with Gasteiger partial charge in [0.2, 0.25) is 0 Å². The quantitative estimate of drug-likeness (QED) is 0.632. The van der Waals surface area contributed by atoms with Crippen LogP contribution < -0.4 is 4.74 Å². The fraction of sp³-hybridized carbons (Fsp3) is 0.562. The van der Waals surface area contributed by atoms with E-state index in [2.05, 4.69) is 15.9 Å². The molecular formula is C16H23BrFN3O4S. The molecule has 1 aromatic carbocycles. The molecule has 0 atom stereocenters. The lowest BCUT2D eigenvalue weighted by Crippen LogP contribution is -2.54. The van der Waals surface area contributed by atoms with Gasteiger partial charge in [0.1, 0.15) is 11.6 Å². The maximum atomic E-state index is 13.1. The number of ether oxygens (including phenoxy) is 1. The zero-order chi connectivity index (χ0) is 19.3. The Labute approximate surface area is 162 Å². The molecule has 1 aliphatic heterocycles. The van der Waals surface area contributed by atoms with E-state index >= 15 is 0 Å². The summed E-state index contributed by atoms with van der Waals surface area (Å²) in [6.45, 7) is 5.37. The first-order valence-corrected chi connectivity index (χ1v) is 10.6. The van der Waals surface area contributed by atoms with Gasteiger partial charge in [-0.15, -0.1) is 0 Å². The highest BCUT2D eigenvalue weighted by Crippen LogP contribution is 2.25. The second-order valence-electron chi connectivity index (χ2n) is 5.74. The Morgan fingerprint density at radius 2 is 1.85 bits per heavy atom. The molecule has 1 amide bonds. The van der Waals surface area contributed by atoms with Gasteiger partial charge in [0.05, 0.1) is 4.47 Å². The van der Waals surface area contributed by atoms with Crippen LogP contribution in [0.1, 0.15) is 13.8 Å². The fourth-order valence-electron chi connectivity index (χ4n) is 2.70. The van der Waals surface area contributed by atoms with E-state index in [1.54, 1.807) is 18.7 Å². The molecule has 1 aromatic rings. The second kappa shape index (κ2) is 9.12. The van der Waals surface area contributed by atoms with Gasteiger partial charge < -0.3 is 9.64 Å². The number of amides is 1. The van der Waals surface area contributed by atoms with Crippen molar-refractivity contribution in [2.75, 3.05) is 45.9 Å². The maximum absolute atomic E-state index is 13.1. The highest BCUT2D eigenvalue weighted by molar-refractivity contribution is 9.10. The molecule has 7 nitrogen and oxygen atoms in total. The standard InChI is InChI=1S/C16H23BrFN3O4S/c1-3-20(4-2)26(23,24)21-9-7-19(8-10-21)16(22)12-25-15-6-5-13(18)11-14(15)17/h5-6,11H,3-4,7-10,12H2,1-2H3. The third-order valence-electron chi connectivity index (χ3n) is 4.19. The molecule has 1 saturated heterocycles.